The number of aromatic nitrogens is 1. The highest BCUT2D eigenvalue weighted by atomic mass is 16.3. The van der Waals surface area contributed by atoms with E-state index in [9.17, 15) is 5.11 Å². The molecule has 0 bridgehead atoms. The van der Waals surface area contributed by atoms with E-state index in [2.05, 4.69) is 11.1 Å². The smallest absolute Gasteiger partial charge is 0.0558 e. The fourth-order valence-corrected chi connectivity index (χ4v) is 2.24. The lowest BCUT2D eigenvalue weighted by molar-refractivity contribution is 0.0221. The van der Waals surface area contributed by atoms with E-state index in [1.807, 2.05) is 19.2 Å². The van der Waals surface area contributed by atoms with Gasteiger partial charge in [-0.25, -0.2) is 0 Å². The summed E-state index contributed by atoms with van der Waals surface area (Å²) in [6.07, 6.45) is 3.21. The van der Waals surface area contributed by atoms with Gasteiger partial charge in [-0.2, -0.15) is 0 Å². The maximum Gasteiger partial charge on any atom is 0.0558 e. The summed E-state index contributed by atoms with van der Waals surface area (Å²) in [6, 6.07) is 4.07. The fourth-order valence-electron chi connectivity index (χ4n) is 2.24. The molecule has 0 aliphatic heterocycles. The van der Waals surface area contributed by atoms with Crippen LogP contribution in [-0.2, 0) is 5.41 Å². The Hall–Kier alpha value is -0.930. The summed E-state index contributed by atoms with van der Waals surface area (Å²) in [5, 5.41) is 9.37. The van der Waals surface area contributed by atoms with Crippen molar-refractivity contribution in [2.75, 3.05) is 6.54 Å². The van der Waals surface area contributed by atoms with Crippen LogP contribution in [0.2, 0.25) is 0 Å². The van der Waals surface area contributed by atoms with Crippen molar-refractivity contribution >= 4 is 0 Å². The molecule has 1 fully saturated rings. The quantitative estimate of drug-likeness (QED) is 0.726. The third kappa shape index (κ3) is 1.42. The van der Waals surface area contributed by atoms with Gasteiger partial charge in [0.15, 0.2) is 0 Å². The average Bonchev–Trinajstić information content (AvgIpc) is 2.12. The first kappa shape index (κ1) is 9.62. The molecular formula is C11H16N2O. The highest BCUT2D eigenvalue weighted by Gasteiger charge is 2.43. The first-order valence-electron chi connectivity index (χ1n) is 4.97. The van der Waals surface area contributed by atoms with Crippen molar-refractivity contribution in [1.82, 2.24) is 4.98 Å². The molecule has 3 N–H and O–H groups in total. The lowest BCUT2D eigenvalue weighted by Gasteiger charge is -2.45. The van der Waals surface area contributed by atoms with Gasteiger partial charge in [0.05, 0.1) is 6.10 Å². The van der Waals surface area contributed by atoms with Gasteiger partial charge in [0, 0.05) is 23.9 Å². The van der Waals surface area contributed by atoms with Crippen LogP contribution in [0.15, 0.2) is 18.3 Å². The van der Waals surface area contributed by atoms with Gasteiger partial charge in [-0.05, 0) is 37.5 Å². The molecule has 0 amide bonds. The Balaban J connectivity index is 2.29. The molecular weight excluding hydrogens is 176 g/mol. The summed E-state index contributed by atoms with van der Waals surface area (Å²) in [4.78, 5) is 4.16. The Bertz CT molecular complexity index is 332. The number of nitrogens with two attached hydrogens (primary N) is 1. The van der Waals surface area contributed by atoms with Gasteiger partial charge in [0.2, 0.25) is 0 Å². The molecule has 3 heteroatoms. The number of pyridine rings is 1. The van der Waals surface area contributed by atoms with E-state index in [-0.39, 0.29) is 11.5 Å². The second-order valence-corrected chi connectivity index (χ2v) is 4.23. The largest absolute Gasteiger partial charge is 0.393 e. The second-order valence-electron chi connectivity index (χ2n) is 4.23. The molecule has 0 unspecified atom stereocenters. The van der Waals surface area contributed by atoms with Gasteiger partial charge < -0.3 is 10.8 Å². The normalized spacial score (nSPS) is 31.2. The van der Waals surface area contributed by atoms with Crippen molar-refractivity contribution in [3.05, 3.63) is 29.6 Å². The SMILES string of the molecule is Cc1cc(C2(CN)CC(O)C2)ccn1. The highest BCUT2D eigenvalue weighted by molar-refractivity contribution is 5.30. The van der Waals surface area contributed by atoms with E-state index >= 15 is 0 Å². The van der Waals surface area contributed by atoms with Crippen LogP contribution in [0.3, 0.4) is 0 Å². The van der Waals surface area contributed by atoms with Crippen LogP contribution >= 0.6 is 0 Å². The first-order chi connectivity index (χ1) is 6.66. The van der Waals surface area contributed by atoms with Crippen LogP contribution in [0.1, 0.15) is 24.1 Å². The Labute approximate surface area is 84.0 Å². The molecule has 14 heavy (non-hydrogen) atoms. The van der Waals surface area contributed by atoms with Gasteiger partial charge >= 0.3 is 0 Å². The van der Waals surface area contributed by atoms with Crippen LogP contribution in [0.4, 0.5) is 0 Å². The van der Waals surface area contributed by atoms with E-state index < -0.39 is 0 Å². The van der Waals surface area contributed by atoms with E-state index in [0.29, 0.717) is 6.54 Å². The molecule has 0 atom stereocenters. The number of hydrogen-bond donors (Lipinski definition) is 2. The van der Waals surface area contributed by atoms with Crippen molar-refractivity contribution in [3.8, 4) is 0 Å². The summed E-state index contributed by atoms with van der Waals surface area (Å²) in [7, 11) is 0. The van der Waals surface area contributed by atoms with Crippen molar-refractivity contribution in [2.45, 2.75) is 31.3 Å². The predicted octanol–water partition coefficient (Wildman–Crippen LogP) is 0.741. The number of aliphatic hydroxyl groups excluding tert-OH is 1. The molecule has 76 valence electrons. The third-order valence-corrected chi connectivity index (χ3v) is 3.15. The van der Waals surface area contributed by atoms with Crippen molar-refractivity contribution in [2.24, 2.45) is 5.73 Å². The van der Waals surface area contributed by atoms with Crippen LogP contribution < -0.4 is 5.73 Å². The Morgan fingerprint density at radius 2 is 2.36 bits per heavy atom. The summed E-state index contributed by atoms with van der Waals surface area (Å²) >= 11 is 0. The molecule has 1 aromatic heterocycles. The average molecular weight is 192 g/mol. The van der Waals surface area contributed by atoms with Crippen molar-refractivity contribution < 1.29 is 5.11 Å². The Kier molecular flexibility index (Phi) is 2.29. The summed E-state index contributed by atoms with van der Waals surface area (Å²) < 4.78 is 0. The summed E-state index contributed by atoms with van der Waals surface area (Å²) in [5.74, 6) is 0. The standard InChI is InChI=1S/C11H16N2O/c1-8-4-9(2-3-13-8)11(7-12)5-10(14)6-11/h2-4,10,14H,5-7,12H2,1H3. The minimum atomic E-state index is -0.174. The zero-order valence-electron chi connectivity index (χ0n) is 8.40. The number of hydrogen-bond acceptors (Lipinski definition) is 3. The fraction of sp³-hybridized carbons (Fsp3) is 0.545. The zero-order valence-corrected chi connectivity index (χ0v) is 8.40. The Morgan fingerprint density at radius 1 is 1.64 bits per heavy atom. The van der Waals surface area contributed by atoms with Gasteiger partial charge in [-0.3, -0.25) is 4.98 Å². The Morgan fingerprint density at radius 3 is 2.86 bits per heavy atom. The van der Waals surface area contributed by atoms with Crippen LogP contribution in [0, 0.1) is 6.92 Å². The molecule has 3 nitrogen and oxygen atoms in total. The zero-order chi connectivity index (χ0) is 10.2. The van der Waals surface area contributed by atoms with Gasteiger partial charge in [0.1, 0.15) is 0 Å². The van der Waals surface area contributed by atoms with Gasteiger partial charge in [-0.1, -0.05) is 0 Å². The molecule has 1 aliphatic rings. The lowest BCUT2D eigenvalue weighted by Crippen LogP contribution is -2.49. The molecule has 0 saturated heterocycles. The minimum absolute atomic E-state index is 0.00706. The van der Waals surface area contributed by atoms with Crippen molar-refractivity contribution in [3.63, 3.8) is 0 Å². The van der Waals surface area contributed by atoms with E-state index in [1.54, 1.807) is 0 Å². The molecule has 0 spiro atoms. The topological polar surface area (TPSA) is 59.1 Å². The molecule has 1 saturated carbocycles. The number of rotatable bonds is 2. The third-order valence-electron chi connectivity index (χ3n) is 3.15. The van der Waals surface area contributed by atoms with Crippen LogP contribution in [-0.4, -0.2) is 22.7 Å². The molecule has 2 rings (SSSR count). The van der Waals surface area contributed by atoms with E-state index in [0.717, 1.165) is 18.5 Å². The first-order valence-corrected chi connectivity index (χ1v) is 4.97. The highest BCUT2D eigenvalue weighted by Crippen LogP contribution is 2.42. The van der Waals surface area contributed by atoms with Gasteiger partial charge in [0.25, 0.3) is 0 Å². The van der Waals surface area contributed by atoms with Crippen molar-refractivity contribution in [1.29, 1.82) is 0 Å². The molecule has 1 aliphatic carbocycles. The number of aliphatic hydroxyl groups is 1. The minimum Gasteiger partial charge on any atom is -0.393 e. The van der Waals surface area contributed by atoms with Crippen LogP contribution in [0.5, 0.6) is 0 Å². The number of aryl methyl sites for hydroxylation is 1. The van der Waals surface area contributed by atoms with Crippen LogP contribution in [0.25, 0.3) is 0 Å². The van der Waals surface area contributed by atoms with E-state index in [4.69, 9.17) is 5.73 Å². The maximum atomic E-state index is 9.37. The number of nitrogens with zero attached hydrogens (tertiary/aromatic N) is 1. The monoisotopic (exact) mass is 192 g/mol. The van der Waals surface area contributed by atoms with Gasteiger partial charge in [-0.15, -0.1) is 0 Å². The summed E-state index contributed by atoms with van der Waals surface area (Å²) in [5.41, 5.74) is 8.02. The van der Waals surface area contributed by atoms with E-state index in [1.165, 1.54) is 5.56 Å². The molecule has 1 heterocycles. The predicted molar refractivity (Wildman–Crippen MR) is 54.9 cm³/mol. The summed E-state index contributed by atoms with van der Waals surface area (Å²) in [6.45, 7) is 2.58. The molecule has 0 aromatic carbocycles. The maximum absolute atomic E-state index is 9.37. The lowest BCUT2D eigenvalue weighted by atomic mass is 9.63. The molecule has 1 aromatic rings. The molecule has 0 radical (unpaired) electrons. The second kappa shape index (κ2) is 3.33.